The number of rotatable bonds is 6. The first-order valence-corrected chi connectivity index (χ1v) is 6.80. The number of nitrogens with one attached hydrogen (secondary N) is 1. The van der Waals surface area contributed by atoms with E-state index in [0.717, 1.165) is 4.90 Å². The van der Waals surface area contributed by atoms with E-state index in [-0.39, 0.29) is 11.7 Å². The zero-order valence-electron chi connectivity index (χ0n) is 9.85. The average molecular weight is 288 g/mol. The monoisotopic (exact) mass is 287 g/mol. The molecule has 0 saturated carbocycles. The van der Waals surface area contributed by atoms with E-state index in [9.17, 15) is 9.59 Å². The lowest BCUT2D eigenvalue weighted by Crippen LogP contribution is -2.41. The highest BCUT2D eigenvalue weighted by Crippen LogP contribution is 2.26. The van der Waals surface area contributed by atoms with Gasteiger partial charge in [-0.2, -0.15) is 0 Å². The number of hydrogen-bond donors (Lipinski definition) is 2. The third-order valence-electron chi connectivity index (χ3n) is 2.24. The van der Waals surface area contributed by atoms with E-state index in [1.54, 1.807) is 13.0 Å². The molecule has 18 heavy (non-hydrogen) atoms. The molecular formula is C12H14ClNO3S. The van der Waals surface area contributed by atoms with Gasteiger partial charge in [0.15, 0.2) is 0 Å². The second kappa shape index (κ2) is 7.28. The summed E-state index contributed by atoms with van der Waals surface area (Å²) in [7, 11) is 0. The fourth-order valence-corrected chi connectivity index (χ4v) is 2.33. The van der Waals surface area contributed by atoms with Gasteiger partial charge in [0.1, 0.15) is 6.04 Å². The largest absolute Gasteiger partial charge is 0.480 e. The molecule has 1 atom stereocenters. The number of halogens is 1. The molecule has 0 aliphatic rings. The number of aliphatic carboxylic acids is 1. The van der Waals surface area contributed by atoms with Crippen molar-refractivity contribution in [1.82, 2.24) is 5.32 Å². The molecule has 4 nitrogen and oxygen atoms in total. The summed E-state index contributed by atoms with van der Waals surface area (Å²) in [6.07, 6.45) is 0.359. The van der Waals surface area contributed by atoms with Gasteiger partial charge in [0.05, 0.1) is 10.8 Å². The summed E-state index contributed by atoms with van der Waals surface area (Å²) in [6, 6.07) is 6.37. The van der Waals surface area contributed by atoms with Gasteiger partial charge in [-0.15, -0.1) is 11.8 Å². The van der Waals surface area contributed by atoms with Gasteiger partial charge in [0.2, 0.25) is 5.91 Å². The average Bonchev–Trinajstić information content (AvgIpc) is 2.34. The molecule has 0 fully saturated rings. The number of amides is 1. The Morgan fingerprint density at radius 2 is 2.11 bits per heavy atom. The predicted octanol–water partition coefficient (Wildman–Crippen LogP) is 2.41. The van der Waals surface area contributed by atoms with Gasteiger partial charge in [-0.25, -0.2) is 4.79 Å². The van der Waals surface area contributed by atoms with E-state index >= 15 is 0 Å². The van der Waals surface area contributed by atoms with Gasteiger partial charge in [0.25, 0.3) is 0 Å². The Kier molecular flexibility index (Phi) is 6.01. The summed E-state index contributed by atoms with van der Waals surface area (Å²) in [4.78, 5) is 23.1. The van der Waals surface area contributed by atoms with Crippen molar-refractivity contribution in [3.8, 4) is 0 Å². The topological polar surface area (TPSA) is 66.4 Å². The van der Waals surface area contributed by atoms with Crippen molar-refractivity contribution >= 4 is 35.2 Å². The third-order valence-corrected chi connectivity index (χ3v) is 3.75. The molecular weight excluding hydrogens is 274 g/mol. The normalized spacial score (nSPS) is 11.9. The van der Waals surface area contributed by atoms with Crippen molar-refractivity contribution in [2.45, 2.75) is 24.3 Å². The lowest BCUT2D eigenvalue weighted by Gasteiger charge is -2.12. The van der Waals surface area contributed by atoms with Gasteiger partial charge in [0, 0.05) is 4.90 Å². The van der Waals surface area contributed by atoms with Crippen molar-refractivity contribution in [3.63, 3.8) is 0 Å². The van der Waals surface area contributed by atoms with Crippen LogP contribution in [0.2, 0.25) is 5.02 Å². The lowest BCUT2D eigenvalue weighted by atomic mass is 10.2. The molecule has 1 aromatic carbocycles. The maximum Gasteiger partial charge on any atom is 0.326 e. The number of hydrogen-bond acceptors (Lipinski definition) is 3. The Morgan fingerprint density at radius 1 is 1.44 bits per heavy atom. The number of thioether (sulfide) groups is 1. The Balaban J connectivity index is 2.47. The second-order valence-corrected chi connectivity index (χ2v) is 5.01. The molecule has 6 heteroatoms. The van der Waals surface area contributed by atoms with Crippen LogP contribution in [0.1, 0.15) is 13.3 Å². The third kappa shape index (κ3) is 4.58. The van der Waals surface area contributed by atoms with Gasteiger partial charge in [-0.1, -0.05) is 30.7 Å². The van der Waals surface area contributed by atoms with Crippen molar-refractivity contribution in [2.24, 2.45) is 0 Å². The first-order valence-electron chi connectivity index (χ1n) is 5.44. The summed E-state index contributed by atoms with van der Waals surface area (Å²) in [5.41, 5.74) is 0. The van der Waals surface area contributed by atoms with E-state index < -0.39 is 12.0 Å². The quantitative estimate of drug-likeness (QED) is 0.789. The Labute approximate surface area is 115 Å². The summed E-state index contributed by atoms with van der Waals surface area (Å²) in [5, 5.41) is 11.8. The molecule has 0 radical (unpaired) electrons. The maximum atomic E-state index is 11.6. The van der Waals surface area contributed by atoms with Gasteiger partial charge in [-0.3, -0.25) is 4.79 Å². The SMILES string of the molecule is CC[C@@H](NC(=O)CSc1ccccc1Cl)C(=O)O. The minimum Gasteiger partial charge on any atom is -0.480 e. The molecule has 0 unspecified atom stereocenters. The number of carboxylic acids is 1. The van der Waals surface area contributed by atoms with Crippen molar-refractivity contribution in [1.29, 1.82) is 0 Å². The first-order chi connectivity index (χ1) is 8.54. The molecule has 0 bridgehead atoms. The molecule has 0 aliphatic heterocycles. The second-order valence-electron chi connectivity index (χ2n) is 3.59. The zero-order chi connectivity index (χ0) is 13.5. The van der Waals surface area contributed by atoms with E-state index in [0.29, 0.717) is 11.4 Å². The summed E-state index contributed by atoms with van der Waals surface area (Å²) in [6.45, 7) is 1.71. The molecule has 2 N–H and O–H groups in total. The maximum absolute atomic E-state index is 11.6. The number of benzene rings is 1. The van der Waals surface area contributed by atoms with Crippen LogP contribution in [0.5, 0.6) is 0 Å². The number of carbonyl (C=O) groups excluding carboxylic acids is 1. The minimum atomic E-state index is -1.02. The van der Waals surface area contributed by atoms with Crippen LogP contribution >= 0.6 is 23.4 Å². The Bertz CT molecular complexity index is 439. The lowest BCUT2D eigenvalue weighted by molar-refractivity contribution is -0.141. The van der Waals surface area contributed by atoms with E-state index in [2.05, 4.69) is 5.32 Å². The van der Waals surface area contributed by atoms with Gasteiger partial charge in [-0.05, 0) is 18.6 Å². The molecule has 0 heterocycles. The van der Waals surface area contributed by atoms with Crippen molar-refractivity contribution < 1.29 is 14.7 Å². The van der Waals surface area contributed by atoms with Crippen LogP contribution in [0.25, 0.3) is 0 Å². The Hall–Kier alpha value is -1.20. The summed E-state index contributed by atoms with van der Waals surface area (Å²) in [5.74, 6) is -1.18. The number of carboxylic acid groups (broad SMARTS) is 1. The Morgan fingerprint density at radius 3 is 2.67 bits per heavy atom. The van der Waals surface area contributed by atoms with Crippen molar-refractivity contribution in [2.75, 3.05) is 5.75 Å². The fourth-order valence-electron chi connectivity index (χ4n) is 1.28. The predicted molar refractivity (Wildman–Crippen MR) is 72.0 cm³/mol. The minimum absolute atomic E-state index is 0.146. The van der Waals surface area contributed by atoms with Crippen LogP contribution in [-0.2, 0) is 9.59 Å². The highest BCUT2D eigenvalue weighted by Gasteiger charge is 2.17. The standard InChI is InChI=1S/C12H14ClNO3S/c1-2-9(12(16)17)14-11(15)7-18-10-6-4-3-5-8(10)13/h3-6,9H,2,7H2,1H3,(H,14,15)(H,16,17)/t9-/m1/s1. The summed E-state index contributed by atoms with van der Waals surface area (Å²) >= 11 is 7.23. The van der Waals surface area contributed by atoms with Crippen LogP contribution in [0, 0.1) is 0 Å². The summed E-state index contributed by atoms with van der Waals surface area (Å²) < 4.78 is 0. The molecule has 0 aromatic heterocycles. The van der Waals surface area contributed by atoms with E-state index in [1.807, 2.05) is 18.2 Å². The highest BCUT2D eigenvalue weighted by molar-refractivity contribution is 8.00. The van der Waals surface area contributed by atoms with Crippen LogP contribution in [0.3, 0.4) is 0 Å². The smallest absolute Gasteiger partial charge is 0.326 e. The molecule has 0 spiro atoms. The first kappa shape index (κ1) is 14.9. The van der Waals surface area contributed by atoms with E-state index in [4.69, 9.17) is 16.7 Å². The molecule has 0 aliphatic carbocycles. The van der Waals surface area contributed by atoms with Crippen LogP contribution < -0.4 is 5.32 Å². The van der Waals surface area contributed by atoms with E-state index in [1.165, 1.54) is 11.8 Å². The van der Waals surface area contributed by atoms with Crippen LogP contribution in [0.4, 0.5) is 0 Å². The molecule has 0 saturated heterocycles. The molecule has 1 amide bonds. The molecule has 1 rings (SSSR count). The van der Waals surface area contributed by atoms with Crippen LogP contribution in [-0.4, -0.2) is 28.8 Å². The highest BCUT2D eigenvalue weighted by atomic mass is 35.5. The molecule has 1 aromatic rings. The van der Waals surface area contributed by atoms with Gasteiger partial charge < -0.3 is 10.4 Å². The zero-order valence-corrected chi connectivity index (χ0v) is 11.4. The fraction of sp³-hybridized carbons (Fsp3) is 0.333. The van der Waals surface area contributed by atoms with Gasteiger partial charge >= 0.3 is 5.97 Å². The number of carbonyl (C=O) groups is 2. The molecule has 98 valence electrons. The van der Waals surface area contributed by atoms with Crippen molar-refractivity contribution in [3.05, 3.63) is 29.3 Å². The van der Waals surface area contributed by atoms with Crippen LogP contribution in [0.15, 0.2) is 29.2 Å².